The van der Waals surface area contributed by atoms with Gasteiger partial charge in [-0.25, -0.2) is 4.79 Å². The average Bonchev–Trinajstić information content (AvgIpc) is 2.70. The summed E-state index contributed by atoms with van der Waals surface area (Å²) in [5.41, 5.74) is 8.16. The Balaban J connectivity index is 2.29. The largest absolute Gasteiger partial charge is 0.417 e. The van der Waals surface area contributed by atoms with Gasteiger partial charge in [-0.2, -0.15) is 11.8 Å². The van der Waals surface area contributed by atoms with E-state index in [2.05, 4.69) is 10.3 Å². The molecule has 19 heavy (non-hydrogen) atoms. The van der Waals surface area contributed by atoms with E-state index in [4.69, 9.17) is 10.2 Å². The highest BCUT2D eigenvalue weighted by Gasteiger charge is 2.16. The van der Waals surface area contributed by atoms with E-state index in [1.54, 1.807) is 23.9 Å². The van der Waals surface area contributed by atoms with Crippen LogP contribution in [0.1, 0.15) is 6.92 Å². The minimum absolute atomic E-state index is 0.0402. The van der Waals surface area contributed by atoms with Crippen LogP contribution in [0.3, 0.4) is 0 Å². The molecule has 7 heteroatoms. The van der Waals surface area contributed by atoms with Crippen LogP contribution in [0.5, 0.6) is 0 Å². The van der Waals surface area contributed by atoms with Crippen LogP contribution in [0.15, 0.2) is 21.3 Å². The molecule has 2 unspecified atom stereocenters. The highest BCUT2D eigenvalue weighted by Crippen LogP contribution is 2.26. The van der Waals surface area contributed by atoms with Gasteiger partial charge in [0.1, 0.15) is 0 Å². The summed E-state index contributed by atoms with van der Waals surface area (Å²) in [5, 5.41) is 12.6. The van der Waals surface area contributed by atoms with E-state index in [-0.39, 0.29) is 17.9 Å². The number of aliphatic hydroxyl groups excluding tert-OH is 1. The van der Waals surface area contributed by atoms with Crippen molar-refractivity contribution in [1.82, 2.24) is 4.98 Å². The fourth-order valence-electron chi connectivity index (χ4n) is 1.91. The molecule has 0 radical (unpaired) electrons. The number of nitrogens with one attached hydrogen (secondary N) is 2. The second kappa shape index (κ2) is 5.58. The van der Waals surface area contributed by atoms with Crippen molar-refractivity contribution in [2.45, 2.75) is 18.2 Å². The van der Waals surface area contributed by atoms with Crippen LogP contribution in [0, 0.1) is 0 Å². The van der Waals surface area contributed by atoms with Gasteiger partial charge in [-0.15, -0.1) is 0 Å². The van der Waals surface area contributed by atoms with Crippen LogP contribution >= 0.6 is 11.8 Å². The van der Waals surface area contributed by atoms with Crippen molar-refractivity contribution in [3.63, 3.8) is 0 Å². The Morgan fingerprint density at radius 2 is 2.32 bits per heavy atom. The lowest BCUT2D eigenvalue weighted by Gasteiger charge is -2.23. The van der Waals surface area contributed by atoms with Crippen molar-refractivity contribution < 1.29 is 9.52 Å². The molecule has 0 bridgehead atoms. The molecular weight excluding hydrogens is 266 g/mol. The molecule has 1 aromatic heterocycles. The fourth-order valence-corrected chi connectivity index (χ4v) is 2.54. The van der Waals surface area contributed by atoms with Gasteiger partial charge in [-0.05, 0) is 19.2 Å². The second-order valence-corrected chi connectivity index (χ2v) is 5.42. The number of oxazole rings is 1. The Bertz CT molecular complexity index is 618. The van der Waals surface area contributed by atoms with Gasteiger partial charge in [0.2, 0.25) is 0 Å². The summed E-state index contributed by atoms with van der Waals surface area (Å²) >= 11 is 1.58. The molecule has 1 aromatic carbocycles. The predicted molar refractivity (Wildman–Crippen MR) is 78.7 cm³/mol. The summed E-state index contributed by atoms with van der Waals surface area (Å²) in [7, 11) is 0. The van der Waals surface area contributed by atoms with E-state index in [0.717, 1.165) is 0 Å². The number of hydrogen-bond donors (Lipinski definition) is 4. The summed E-state index contributed by atoms with van der Waals surface area (Å²) in [5.74, 6) is -0.503. The minimum Gasteiger partial charge on any atom is -0.408 e. The summed E-state index contributed by atoms with van der Waals surface area (Å²) in [6.45, 7) is 2.05. The number of rotatable bonds is 5. The Labute approximate surface area is 114 Å². The molecule has 0 aliphatic rings. The number of fused-ring (bicyclic) bond motifs is 1. The Hall–Kier alpha value is -1.60. The van der Waals surface area contributed by atoms with Crippen LogP contribution in [0.2, 0.25) is 0 Å². The lowest BCUT2D eigenvalue weighted by Crippen LogP contribution is -2.31. The van der Waals surface area contributed by atoms with E-state index >= 15 is 0 Å². The van der Waals surface area contributed by atoms with Gasteiger partial charge in [0, 0.05) is 17.4 Å². The summed E-state index contributed by atoms with van der Waals surface area (Å²) in [4.78, 5) is 13.7. The SMILES string of the molecule is CSC(CO)C(C)Nc1cc2[nH]c(=O)oc2cc1N. The van der Waals surface area contributed by atoms with Gasteiger partial charge in [-0.1, -0.05) is 0 Å². The standard InChI is InChI=1S/C12H17N3O3S/c1-6(11(5-16)19-2)14-8-4-9-10(3-7(8)13)18-12(17)15-9/h3-4,6,11,14,16H,5,13H2,1-2H3,(H,15,17). The molecule has 0 fully saturated rings. The van der Waals surface area contributed by atoms with Gasteiger partial charge in [0.25, 0.3) is 0 Å². The van der Waals surface area contributed by atoms with Crippen LogP contribution in [0.25, 0.3) is 11.1 Å². The molecular formula is C12H17N3O3S. The molecule has 0 amide bonds. The van der Waals surface area contributed by atoms with Crippen molar-refractivity contribution >= 4 is 34.2 Å². The van der Waals surface area contributed by atoms with E-state index in [1.807, 2.05) is 13.2 Å². The van der Waals surface area contributed by atoms with Crippen molar-refractivity contribution in [2.75, 3.05) is 23.9 Å². The molecule has 6 nitrogen and oxygen atoms in total. The lowest BCUT2D eigenvalue weighted by atomic mass is 10.2. The number of benzene rings is 1. The summed E-state index contributed by atoms with van der Waals surface area (Å²) in [6, 6.07) is 3.38. The number of nitrogens with two attached hydrogens (primary N) is 1. The number of nitrogen functional groups attached to an aromatic ring is 1. The molecule has 0 saturated heterocycles. The highest BCUT2D eigenvalue weighted by molar-refractivity contribution is 7.99. The van der Waals surface area contributed by atoms with Crippen LogP contribution in [-0.4, -0.2) is 34.2 Å². The van der Waals surface area contributed by atoms with Gasteiger partial charge in [-0.3, -0.25) is 4.98 Å². The number of hydrogen-bond acceptors (Lipinski definition) is 6. The first-order valence-corrected chi connectivity index (χ1v) is 7.16. The first kappa shape index (κ1) is 13.8. The second-order valence-electron chi connectivity index (χ2n) is 4.34. The highest BCUT2D eigenvalue weighted by atomic mass is 32.2. The fraction of sp³-hybridized carbons (Fsp3) is 0.417. The van der Waals surface area contributed by atoms with Gasteiger partial charge >= 0.3 is 5.76 Å². The number of aromatic amines is 1. The van der Waals surface area contributed by atoms with Crippen molar-refractivity contribution in [3.05, 3.63) is 22.7 Å². The zero-order valence-electron chi connectivity index (χ0n) is 10.8. The Morgan fingerprint density at radius 3 is 2.95 bits per heavy atom. The molecule has 2 rings (SSSR count). The van der Waals surface area contributed by atoms with E-state index in [9.17, 15) is 9.90 Å². The molecule has 5 N–H and O–H groups in total. The number of aromatic nitrogens is 1. The van der Waals surface area contributed by atoms with E-state index < -0.39 is 5.76 Å². The summed E-state index contributed by atoms with van der Waals surface area (Å²) < 4.78 is 4.94. The first-order chi connectivity index (χ1) is 9.05. The summed E-state index contributed by atoms with van der Waals surface area (Å²) in [6.07, 6.45) is 1.94. The van der Waals surface area contributed by atoms with Crippen molar-refractivity contribution in [1.29, 1.82) is 0 Å². The van der Waals surface area contributed by atoms with Gasteiger partial charge in [0.15, 0.2) is 5.58 Å². The molecule has 0 saturated carbocycles. The average molecular weight is 283 g/mol. The lowest BCUT2D eigenvalue weighted by molar-refractivity contribution is 0.288. The van der Waals surface area contributed by atoms with Gasteiger partial charge < -0.3 is 20.6 Å². The van der Waals surface area contributed by atoms with Crippen LogP contribution < -0.4 is 16.8 Å². The smallest absolute Gasteiger partial charge is 0.408 e. The van der Waals surface area contributed by atoms with Crippen molar-refractivity contribution in [2.24, 2.45) is 0 Å². The van der Waals surface area contributed by atoms with Crippen LogP contribution in [-0.2, 0) is 0 Å². The molecule has 2 aromatic rings. The molecule has 104 valence electrons. The first-order valence-electron chi connectivity index (χ1n) is 5.87. The third kappa shape index (κ3) is 2.87. The number of aliphatic hydroxyl groups is 1. The maximum atomic E-state index is 11.1. The maximum Gasteiger partial charge on any atom is 0.417 e. The third-order valence-corrected chi connectivity index (χ3v) is 4.18. The van der Waals surface area contributed by atoms with Gasteiger partial charge in [0.05, 0.1) is 23.5 Å². The molecule has 0 spiro atoms. The molecule has 0 aliphatic heterocycles. The predicted octanol–water partition coefficient (Wildman–Crippen LogP) is 1.23. The topological polar surface area (TPSA) is 104 Å². The van der Waals surface area contributed by atoms with E-state index in [0.29, 0.717) is 22.5 Å². The zero-order chi connectivity index (χ0) is 14.0. The number of anilines is 2. The molecule has 2 atom stereocenters. The Morgan fingerprint density at radius 1 is 1.58 bits per heavy atom. The number of H-pyrrole nitrogens is 1. The Kier molecular flexibility index (Phi) is 4.06. The molecule has 0 aliphatic carbocycles. The third-order valence-electron chi connectivity index (χ3n) is 3.01. The molecule has 1 heterocycles. The zero-order valence-corrected chi connectivity index (χ0v) is 11.6. The van der Waals surface area contributed by atoms with Crippen molar-refractivity contribution in [3.8, 4) is 0 Å². The quantitative estimate of drug-likeness (QED) is 0.615. The minimum atomic E-state index is -0.503. The monoisotopic (exact) mass is 283 g/mol. The number of thioether (sulfide) groups is 1. The maximum absolute atomic E-state index is 11.1. The van der Waals surface area contributed by atoms with E-state index in [1.165, 1.54) is 0 Å². The van der Waals surface area contributed by atoms with Crippen LogP contribution in [0.4, 0.5) is 11.4 Å². The normalized spacial score (nSPS) is 14.5.